The van der Waals surface area contributed by atoms with Crippen molar-refractivity contribution in [3.05, 3.63) is 71.9 Å². The smallest absolute Gasteiger partial charge is 0.314 e. The predicted octanol–water partition coefficient (Wildman–Crippen LogP) is 3.80. The molecular formula is C23H27N3O3S. The fourth-order valence-corrected chi connectivity index (χ4v) is 4.19. The summed E-state index contributed by atoms with van der Waals surface area (Å²) in [6.45, 7) is 4.88. The van der Waals surface area contributed by atoms with Crippen LogP contribution in [0, 0.1) is 6.92 Å². The Kier molecular flexibility index (Phi) is 6.31. The number of nitrogens with zero attached hydrogens (tertiary/aromatic N) is 2. The highest BCUT2D eigenvalue weighted by Crippen LogP contribution is 2.33. The number of urea groups is 1. The zero-order valence-electron chi connectivity index (χ0n) is 17.5. The minimum atomic E-state index is -3.34. The van der Waals surface area contributed by atoms with E-state index in [4.69, 9.17) is 5.73 Å². The number of carbonyl (C=O) groups is 1. The van der Waals surface area contributed by atoms with Crippen LogP contribution in [-0.4, -0.2) is 43.3 Å². The Labute approximate surface area is 177 Å². The minimum Gasteiger partial charge on any atom is -0.351 e. The Hall–Kier alpha value is -3.06. The zero-order valence-corrected chi connectivity index (χ0v) is 18.3. The van der Waals surface area contributed by atoms with Crippen LogP contribution < -0.4 is 5.73 Å². The summed E-state index contributed by atoms with van der Waals surface area (Å²) < 4.78 is 26.4. The van der Waals surface area contributed by atoms with Crippen LogP contribution in [0.1, 0.15) is 18.1 Å². The first-order chi connectivity index (χ1) is 14.2. The summed E-state index contributed by atoms with van der Waals surface area (Å²) >= 11 is 0. The molecule has 1 heterocycles. The van der Waals surface area contributed by atoms with Gasteiger partial charge in [0, 0.05) is 36.8 Å². The number of nitrogens with two attached hydrogens (primary N) is 1. The van der Waals surface area contributed by atoms with E-state index in [1.54, 1.807) is 17.0 Å². The van der Waals surface area contributed by atoms with Gasteiger partial charge in [0.2, 0.25) is 0 Å². The van der Waals surface area contributed by atoms with Gasteiger partial charge in [-0.2, -0.15) is 0 Å². The van der Waals surface area contributed by atoms with E-state index in [2.05, 4.69) is 4.57 Å². The largest absolute Gasteiger partial charge is 0.351 e. The molecule has 0 unspecified atom stereocenters. The van der Waals surface area contributed by atoms with Gasteiger partial charge in [-0.1, -0.05) is 24.3 Å². The number of primary amides is 1. The summed E-state index contributed by atoms with van der Waals surface area (Å²) in [5.74, 6) is 0. The number of sulfone groups is 1. The average molecular weight is 426 g/mol. The molecule has 0 aliphatic rings. The zero-order chi connectivity index (χ0) is 21.9. The fourth-order valence-electron chi connectivity index (χ4n) is 3.55. The van der Waals surface area contributed by atoms with Crippen molar-refractivity contribution in [2.75, 3.05) is 19.3 Å². The molecule has 2 aromatic carbocycles. The number of rotatable bonds is 7. The third-order valence-corrected chi connectivity index (χ3v) is 6.35. The molecule has 30 heavy (non-hydrogen) atoms. The average Bonchev–Trinajstić information content (AvgIpc) is 3.12. The molecule has 2 amide bonds. The van der Waals surface area contributed by atoms with Gasteiger partial charge in [0.05, 0.1) is 10.6 Å². The minimum absolute atomic E-state index is 0.280. The van der Waals surface area contributed by atoms with Crippen LogP contribution in [0.5, 0.6) is 0 Å². The van der Waals surface area contributed by atoms with Gasteiger partial charge in [0.1, 0.15) is 0 Å². The highest BCUT2D eigenvalue weighted by atomic mass is 32.2. The quantitative estimate of drug-likeness (QED) is 0.625. The lowest BCUT2D eigenvalue weighted by Crippen LogP contribution is -2.36. The Bertz CT molecular complexity index is 1150. The summed E-state index contributed by atoms with van der Waals surface area (Å²) in [4.78, 5) is 13.5. The standard InChI is InChI=1S/C23H27N3O3S/c1-4-25(23(24)27)14-12-18-13-15-26(19-8-6-5-7-9-19)22(18)21-16-20(30(3,28)29)11-10-17(21)2/h5-11,13,15-16H,4,12,14H2,1-3H3,(H2,24,27). The molecule has 0 saturated carbocycles. The third-order valence-electron chi connectivity index (χ3n) is 5.24. The van der Waals surface area contributed by atoms with Crippen molar-refractivity contribution < 1.29 is 13.2 Å². The Balaban J connectivity index is 2.16. The van der Waals surface area contributed by atoms with Crippen molar-refractivity contribution in [3.63, 3.8) is 0 Å². The molecule has 158 valence electrons. The number of para-hydroxylation sites is 1. The van der Waals surface area contributed by atoms with Crippen LogP contribution in [0.4, 0.5) is 4.79 Å². The first-order valence-electron chi connectivity index (χ1n) is 9.83. The van der Waals surface area contributed by atoms with Crippen molar-refractivity contribution in [1.29, 1.82) is 0 Å². The predicted molar refractivity (Wildman–Crippen MR) is 120 cm³/mol. The number of carbonyl (C=O) groups excluding carboxylic acids is 1. The molecule has 7 heteroatoms. The van der Waals surface area contributed by atoms with Gasteiger partial charge in [-0.15, -0.1) is 0 Å². The van der Waals surface area contributed by atoms with E-state index < -0.39 is 15.9 Å². The van der Waals surface area contributed by atoms with Crippen LogP contribution in [0.25, 0.3) is 16.9 Å². The van der Waals surface area contributed by atoms with E-state index >= 15 is 0 Å². The van der Waals surface area contributed by atoms with E-state index in [9.17, 15) is 13.2 Å². The maximum Gasteiger partial charge on any atom is 0.314 e. The van der Waals surface area contributed by atoms with Gasteiger partial charge in [0.15, 0.2) is 9.84 Å². The van der Waals surface area contributed by atoms with E-state index in [-0.39, 0.29) is 4.90 Å². The lowest BCUT2D eigenvalue weighted by atomic mass is 10.0. The summed E-state index contributed by atoms with van der Waals surface area (Å²) in [7, 11) is -3.34. The number of hydrogen-bond acceptors (Lipinski definition) is 3. The van der Waals surface area contributed by atoms with E-state index in [1.165, 1.54) is 6.26 Å². The van der Waals surface area contributed by atoms with Crippen molar-refractivity contribution in [2.45, 2.75) is 25.2 Å². The number of benzene rings is 2. The van der Waals surface area contributed by atoms with Crippen LogP contribution in [0.2, 0.25) is 0 Å². The van der Waals surface area contributed by atoms with Crippen LogP contribution in [-0.2, 0) is 16.3 Å². The number of aromatic nitrogens is 1. The van der Waals surface area contributed by atoms with Gasteiger partial charge < -0.3 is 15.2 Å². The second-order valence-corrected chi connectivity index (χ2v) is 9.33. The van der Waals surface area contributed by atoms with Crippen molar-refractivity contribution in [1.82, 2.24) is 9.47 Å². The molecule has 0 aliphatic heterocycles. The monoisotopic (exact) mass is 425 g/mol. The first kappa shape index (κ1) is 21.6. The molecule has 3 rings (SSSR count). The summed E-state index contributed by atoms with van der Waals surface area (Å²) in [6.07, 6.45) is 3.80. The molecule has 2 N–H and O–H groups in total. The molecule has 0 atom stereocenters. The summed E-state index contributed by atoms with van der Waals surface area (Å²) in [5.41, 5.74) is 10.2. The maximum atomic E-state index is 12.2. The summed E-state index contributed by atoms with van der Waals surface area (Å²) in [6, 6.07) is 16.7. The first-order valence-corrected chi connectivity index (χ1v) is 11.7. The highest BCUT2D eigenvalue weighted by Gasteiger charge is 2.18. The number of likely N-dealkylation sites (N-methyl/N-ethyl adjacent to an activating group) is 1. The van der Waals surface area contributed by atoms with E-state index in [0.29, 0.717) is 19.5 Å². The number of aryl methyl sites for hydroxylation is 1. The van der Waals surface area contributed by atoms with Crippen LogP contribution >= 0.6 is 0 Å². The van der Waals surface area contributed by atoms with Crippen molar-refractivity contribution in [2.24, 2.45) is 5.73 Å². The molecule has 1 aromatic heterocycles. The third kappa shape index (κ3) is 4.57. The SMILES string of the molecule is CCN(CCc1ccn(-c2ccccc2)c1-c1cc(S(C)(=O)=O)ccc1C)C(N)=O. The van der Waals surface area contributed by atoms with E-state index in [1.807, 2.05) is 62.5 Å². The molecule has 0 aliphatic carbocycles. The molecular weight excluding hydrogens is 398 g/mol. The second-order valence-electron chi connectivity index (χ2n) is 7.31. The molecule has 0 saturated heterocycles. The highest BCUT2D eigenvalue weighted by molar-refractivity contribution is 7.90. The number of hydrogen-bond donors (Lipinski definition) is 1. The maximum absolute atomic E-state index is 12.2. The van der Waals surface area contributed by atoms with Gasteiger partial charge >= 0.3 is 6.03 Å². The molecule has 0 radical (unpaired) electrons. The fraction of sp³-hybridized carbons (Fsp3) is 0.261. The molecule has 0 bridgehead atoms. The van der Waals surface area contributed by atoms with Crippen molar-refractivity contribution in [3.8, 4) is 16.9 Å². The van der Waals surface area contributed by atoms with Crippen molar-refractivity contribution >= 4 is 15.9 Å². The molecule has 0 fully saturated rings. The molecule has 6 nitrogen and oxygen atoms in total. The van der Waals surface area contributed by atoms with Gasteiger partial charge in [-0.3, -0.25) is 0 Å². The Morgan fingerprint density at radius 1 is 1.10 bits per heavy atom. The second kappa shape index (κ2) is 8.75. The van der Waals surface area contributed by atoms with Gasteiger partial charge in [-0.25, -0.2) is 13.2 Å². The lowest BCUT2D eigenvalue weighted by molar-refractivity contribution is 0.211. The van der Waals surface area contributed by atoms with Crippen LogP contribution in [0.15, 0.2) is 65.7 Å². The van der Waals surface area contributed by atoms with Gasteiger partial charge in [-0.05, 0) is 61.7 Å². The van der Waals surface area contributed by atoms with Gasteiger partial charge in [0.25, 0.3) is 0 Å². The number of amides is 2. The Morgan fingerprint density at radius 2 is 1.80 bits per heavy atom. The topological polar surface area (TPSA) is 85.4 Å². The molecule has 0 spiro atoms. The van der Waals surface area contributed by atoms with Crippen LogP contribution in [0.3, 0.4) is 0 Å². The van der Waals surface area contributed by atoms with E-state index in [0.717, 1.165) is 28.1 Å². The lowest BCUT2D eigenvalue weighted by Gasteiger charge is -2.19. The normalized spacial score (nSPS) is 11.4. The summed E-state index contributed by atoms with van der Waals surface area (Å²) in [5, 5.41) is 0. The Morgan fingerprint density at radius 3 is 2.40 bits per heavy atom. The molecule has 3 aromatic rings.